The Hall–Kier alpha value is -1.46. The fourth-order valence-corrected chi connectivity index (χ4v) is 2.18. The topological polar surface area (TPSA) is 52.8 Å². The highest BCUT2D eigenvalue weighted by atomic mass is 35.5. The number of ether oxygens (including phenoxy) is 1. The Bertz CT molecular complexity index is 609. The number of aromatic nitrogens is 4. The normalized spacial score (nSPS) is 12.7. The molecule has 2 rings (SSSR count). The first-order valence-electron chi connectivity index (χ1n) is 6.02. The lowest BCUT2D eigenvalue weighted by Gasteiger charge is -2.10. The van der Waals surface area contributed by atoms with Gasteiger partial charge in [-0.05, 0) is 20.8 Å². The zero-order valence-electron chi connectivity index (χ0n) is 11.7. The molecular formula is C13H17ClN4O. The molecule has 0 aromatic carbocycles. The number of hydrogen-bond donors (Lipinski definition) is 0. The van der Waals surface area contributed by atoms with E-state index in [0.29, 0.717) is 11.0 Å². The quantitative estimate of drug-likeness (QED) is 0.811. The van der Waals surface area contributed by atoms with Gasteiger partial charge in [-0.25, -0.2) is 9.97 Å². The SMILES string of the molecule is CO[C@H](C)c1nc(Cl)cc(-c2c(C)nn(C)c2C)n1. The smallest absolute Gasteiger partial charge is 0.159 e. The predicted molar refractivity (Wildman–Crippen MR) is 74.1 cm³/mol. The van der Waals surface area contributed by atoms with Crippen molar-refractivity contribution in [3.63, 3.8) is 0 Å². The van der Waals surface area contributed by atoms with Gasteiger partial charge in [0, 0.05) is 31.5 Å². The Labute approximate surface area is 117 Å². The van der Waals surface area contributed by atoms with Crippen LogP contribution in [0.2, 0.25) is 5.15 Å². The Morgan fingerprint density at radius 1 is 1.32 bits per heavy atom. The Balaban J connectivity index is 2.59. The molecular weight excluding hydrogens is 264 g/mol. The van der Waals surface area contributed by atoms with E-state index in [9.17, 15) is 0 Å². The third kappa shape index (κ3) is 2.62. The van der Waals surface area contributed by atoms with Gasteiger partial charge in [0.2, 0.25) is 0 Å². The van der Waals surface area contributed by atoms with E-state index in [4.69, 9.17) is 16.3 Å². The van der Waals surface area contributed by atoms with Gasteiger partial charge < -0.3 is 4.74 Å². The van der Waals surface area contributed by atoms with E-state index in [2.05, 4.69) is 15.1 Å². The maximum atomic E-state index is 6.08. The van der Waals surface area contributed by atoms with Gasteiger partial charge in [0.05, 0.1) is 11.4 Å². The molecule has 0 aliphatic heterocycles. The molecule has 0 N–H and O–H groups in total. The first-order chi connectivity index (χ1) is 8.93. The molecule has 0 unspecified atom stereocenters. The van der Waals surface area contributed by atoms with Crippen LogP contribution in [0.3, 0.4) is 0 Å². The number of methoxy groups -OCH3 is 1. The van der Waals surface area contributed by atoms with Gasteiger partial charge in [0.1, 0.15) is 11.3 Å². The molecule has 102 valence electrons. The highest BCUT2D eigenvalue weighted by Crippen LogP contribution is 2.27. The predicted octanol–water partition coefficient (Wildman–Crippen LogP) is 2.85. The molecule has 2 aromatic heterocycles. The lowest BCUT2D eigenvalue weighted by Crippen LogP contribution is -2.04. The van der Waals surface area contributed by atoms with Gasteiger partial charge in [-0.2, -0.15) is 5.10 Å². The summed E-state index contributed by atoms with van der Waals surface area (Å²) in [7, 11) is 3.53. The van der Waals surface area contributed by atoms with E-state index in [1.807, 2.05) is 32.5 Å². The minimum Gasteiger partial charge on any atom is -0.374 e. The van der Waals surface area contributed by atoms with Crippen LogP contribution in [0.4, 0.5) is 0 Å². The second-order valence-electron chi connectivity index (χ2n) is 4.48. The molecule has 0 amide bonds. The average Bonchev–Trinajstić information content (AvgIpc) is 2.61. The molecule has 0 saturated carbocycles. The van der Waals surface area contributed by atoms with Crippen molar-refractivity contribution in [3.8, 4) is 11.3 Å². The highest BCUT2D eigenvalue weighted by Gasteiger charge is 2.17. The molecule has 1 atom stereocenters. The molecule has 6 heteroatoms. The van der Waals surface area contributed by atoms with Crippen molar-refractivity contribution in [1.82, 2.24) is 19.7 Å². The molecule has 0 aliphatic carbocycles. The maximum Gasteiger partial charge on any atom is 0.159 e. The first kappa shape index (κ1) is 14.0. The summed E-state index contributed by atoms with van der Waals surface area (Å²) in [5, 5.41) is 4.80. The van der Waals surface area contributed by atoms with Gasteiger partial charge in [-0.15, -0.1) is 0 Å². The molecule has 2 heterocycles. The summed E-state index contributed by atoms with van der Waals surface area (Å²) in [6.07, 6.45) is -0.199. The van der Waals surface area contributed by atoms with Crippen molar-refractivity contribution in [2.24, 2.45) is 7.05 Å². The Kier molecular flexibility index (Phi) is 3.87. The molecule has 0 radical (unpaired) electrons. The van der Waals surface area contributed by atoms with Crippen LogP contribution in [0.25, 0.3) is 11.3 Å². The highest BCUT2D eigenvalue weighted by molar-refractivity contribution is 6.29. The van der Waals surface area contributed by atoms with Crippen molar-refractivity contribution >= 4 is 11.6 Å². The summed E-state index contributed by atoms with van der Waals surface area (Å²) >= 11 is 6.08. The molecule has 19 heavy (non-hydrogen) atoms. The van der Waals surface area contributed by atoms with Crippen LogP contribution in [-0.2, 0) is 11.8 Å². The van der Waals surface area contributed by atoms with Crippen LogP contribution in [0.15, 0.2) is 6.07 Å². The Morgan fingerprint density at radius 3 is 2.53 bits per heavy atom. The molecule has 0 aliphatic rings. The number of rotatable bonds is 3. The summed E-state index contributed by atoms with van der Waals surface area (Å²) in [5.41, 5.74) is 3.74. The van der Waals surface area contributed by atoms with E-state index in [1.165, 1.54) is 0 Å². The van der Waals surface area contributed by atoms with Crippen LogP contribution in [0.1, 0.15) is 30.2 Å². The fraction of sp³-hybridized carbons (Fsp3) is 0.462. The first-order valence-corrected chi connectivity index (χ1v) is 6.39. The molecule has 2 aromatic rings. The minimum atomic E-state index is -0.199. The summed E-state index contributed by atoms with van der Waals surface area (Å²) in [6, 6.07) is 1.75. The van der Waals surface area contributed by atoms with Crippen molar-refractivity contribution in [2.75, 3.05) is 7.11 Å². The van der Waals surface area contributed by atoms with E-state index in [0.717, 1.165) is 22.6 Å². The fourth-order valence-electron chi connectivity index (χ4n) is 1.99. The second-order valence-corrected chi connectivity index (χ2v) is 4.87. The van der Waals surface area contributed by atoms with Gasteiger partial charge in [0.15, 0.2) is 5.82 Å². The third-order valence-corrected chi connectivity index (χ3v) is 3.39. The van der Waals surface area contributed by atoms with E-state index < -0.39 is 0 Å². The van der Waals surface area contributed by atoms with E-state index in [-0.39, 0.29) is 6.10 Å². The van der Waals surface area contributed by atoms with Crippen LogP contribution >= 0.6 is 11.6 Å². The Morgan fingerprint density at radius 2 is 2.00 bits per heavy atom. The van der Waals surface area contributed by atoms with Gasteiger partial charge in [0.25, 0.3) is 0 Å². The zero-order valence-corrected chi connectivity index (χ0v) is 12.5. The third-order valence-electron chi connectivity index (χ3n) is 3.19. The number of aryl methyl sites for hydroxylation is 2. The van der Waals surface area contributed by atoms with E-state index >= 15 is 0 Å². The van der Waals surface area contributed by atoms with Crippen LogP contribution in [-0.4, -0.2) is 26.9 Å². The van der Waals surface area contributed by atoms with Gasteiger partial charge in [-0.1, -0.05) is 11.6 Å². The number of hydrogen-bond acceptors (Lipinski definition) is 4. The zero-order chi connectivity index (χ0) is 14.2. The maximum absolute atomic E-state index is 6.08. The molecule has 0 bridgehead atoms. The summed E-state index contributed by atoms with van der Waals surface area (Å²) in [5.74, 6) is 0.577. The standard InChI is InChI=1S/C13H17ClN4O/c1-7-12(8(2)18(4)17-7)10-6-11(14)16-13(15-10)9(3)19-5/h6,9H,1-5H3/t9-/m1/s1. The monoisotopic (exact) mass is 280 g/mol. The van der Waals surface area contributed by atoms with Crippen molar-refractivity contribution in [3.05, 3.63) is 28.4 Å². The summed E-state index contributed by atoms with van der Waals surface area (Å²) in [4.78, 5) is 8.73. The molecule has 0 spiro atoms. The lowest BCUT2D eigenvalue weighted by atomic mass is 10.1. The number of halogens is 1. The van der Waals surface area contributed by atoms with Crippen molar-refractivity contribution in [2.45, 2.75) is 26.9 Å². The average molecular weight is 281 g/mol. The molecule has 5 nitrogen and oxygen atoms in total. The van der Waals surface area contributed by atoms with Crippen LogP contribution < -0.4 is 0 Å². The van der Waals surface area contributed by atoms with Crippen LogP contribution in [0, 0.1) is 13.8 Å². The molecule has 0 saturated heterocycles. The summed E-state index contributed by atoms with van der Waals surface area (Å²) < 4.78 is 7.08. The van der Waals surface area contributed by atoms with E-state index in [1.54, 1.807) is 13.2 Å². The van der Waals surface area contributed by atoms with Crippen molar-refractivity contribution < 1.29 is 4.74 Å². The lowest BCUT2D eigenvalue weighted by molar-refractivity contribution is 0.112. The molecule has 0 fully saturated rings. The van der Waals surface area contributed by atoms with Crippen LogP contribution in [0.5, 0.6) is 0 Å². The van der Waals surface area contributed by atoms with Gasteiger partial charge in [-0.3, -0.25) is 4.68 Å². The second kappa shape index (κ2) is 5.27. The number of nitrogens with zero attached hydrogens (tertiary/aromatic N) is 4. The van der Waals surface area contributed by atoms with Gasteiger partial charge >= 0.3 is 0 Å². The summed E-state index contributed by atoms with van der Waals surface area (Å²) in [6.45, 7) is 5.85. The van der Waals surface area contributed by atoms with Crippen molar-refractivity contribution in [1.29, 1.82) is 0 Å². The minimum absolute atomic E-state index is 0.199. The largest absolute Gasteiger partial charge is 0.374 e.